The first-order valence-corrected chi connectivity index (χ1v) is 17.7. The Labute approximate surface area is 268 Å². The van der Waals surface area contributed by atoms with Crippen molar-refractivity contribution in [2.75, 3.05) is 7.05 Å². The standard InChI is InChI=1S/C40H35NO2P2/c1-30-17-15-27-36(44(32-19-7-3-8-20-32)33-21-9-4-10-22-33)38(30)39-31(29-43-40(42)41-2)18-16-28-37(39)45(34-23-11-5-12-24-34)35-25-13-6-14-26-35/h3-28H,29H2,1-2H3,(H,41,42). The predicted octanol–water partition coefficient (Wildman–Crippen LogP) is 7.03. The molecule has 0 atom stereocenters. The van der Waals surface area contributed by atoms with E-state index in [-0.39, 0.29) is 6.61 Å². The highest BCUT2D eigenvalue weighted by Gasteiger charge is 2.28. The predicted molar refractivity (Wildman–Crippen MR) is 193 cm³/mol. The fraction of sp³-hybridized carbons (Fsp3) is 0.0750. The van der Waals surface area contributed by atoms with Crippen LogP contribution in [0.5, 0.6) is 0 Å². The summed E-state index contributed by atoms with van der Waals surface area (Å²) in [7, 11) is -0.241. The molecule has 0 aromatic heterocycles. The maximum absolute atomic E-state index is 12.4. The SMILES string of the molecule is CNC(=O)OCc1cccc(P(c2ccccc2)c2ccccc2)c1-c1c(C)cccc1P(c1ccccc1)c1ccccc1. The van der Waals surface area contributed by atoms with Gasteiger partial charge in [-0.1, -0.05) is 158 Å². The number of carbonyl (C=O) groups excluding carboxylic acids is 1. The van der Waals surface area contributed by atoms with Crippen LogP contribution in [0.3, 0.4) is 0 Å². The smallest absolute Gasteiger partial charge is 0.407 e. The van der Waals surface area contributed by atoms with Crippen molar-refractivity contribution < 1.29 is 9.53 Å². The third-order valence-electron chi connectivity index (χ3n) is 7.73. The molecule has 0 aliphatic heterocycles. The van der Waals surface area contributed by atoms with Gasteiger partial charge in [0, 0.05) is 7.05 Å². The molecule has 1 N–H and O–H groups in total. The summed E-state index contributed by atoms with van der Waals surface area (Å²) < 4.78 is 5.76. The third kappa shape index (κ3) is 6.76. The minimum absolute atomic E-state index is 0.165. The molecule has 0 bridgehead atoms. The van der Waals surface area contributed by atoms with E-state index in [1.54, 1.807) is 7.05 Å². The van der Waals surface area contributed by atoms with E-state index in [1.165, 1.54) is 43.0 Å². The van der Waals surface area contributed by atoms with E-state index in [1.807, 2.05) is 0 Å². The molecule has 45 heavy (non-hydrogen) atoms. The fourth-order valence-corrected chi connectivity index (χ4v) is 10.8. The van der Waals surface area contributed by atoms with Crippen LogP contribution in [-0.4, -0.2) is 13.1 Å². The summed E-state index contributed by atoms with van der Waals surface area (Å²) in [6, 6.07) is 56.4. The Balaban J connectivity index is 1.67. The van der Waals surface area contributed by atoms with Gasteiger partial charge in [0.15, 0.2) is 0 Å². The van der Waals surface area contributed by atoms with Crippen LogP contribution in [0.1, 0.15) is 11.1 Å². The molecule has 0 radical (unpaired) electrons. The zero-order chi connectivity index (χ0) is 31.0. The minimum atomic E-state index is -0.938. The van der Waals surface area contributed by atoms with Crippen LogP contribution in [0.15, 0.2) is 158 Å². The van der Waals surface area contributed by atoms with E-state index in [2.05, 4.69) is 170 Å². The summed E-state index contributed by atoms with van der Waals surface area (Å²) in [5.41, 5.74) is 4.54. The van der Waals surface area contributed by atoms with E-state index in [4.69, 9.17) is 4.74 Å². The van der Waals surface area contributed by atoms with Gasteiger partial charge in [0.1, 0.15) is 6.61 Å². The Kier molecular flexibility index (Phi) is 9.81. The molecular weight excluding hydrogens is 588 g/mol. The number of hydrogen-bond acceptors (Lipinski definition) is 2. The van der Waals surface area contributed by atoms with Crippen LogP contribution in [0.2, 0.25) is 0 Å². The molecule has 0 saturated carbocycles. The van der Waals surface area contributed by atoms with Crippen molar-refractivity contribution >= 4 is 53.8 Å². The fourth-order valence-electron chi connectivity index (χ4n) is 5.72. The molecule has 1 amide bonds. The number of nitrogens with one attached hydrogen (secondary N) is 1. The van der Waals surface area contributed by atoms with E-state index in [0.29, 0.717) is 0 Å². The summed E-state index contributed by atoms with van der Waals surface area (Å²) in [4.78, 5) is 12.4. The summed E-state index contributed by atoms with van der Waals surface area (Å²) in [5.74, 6) is 0. The second-order valence-corrected chi connectivity index (χ2v) is 15.0. The van der Waals surface area contributed by atoms with Crippen molar-refractivity contribution in [3.05, 3.63) is 169 Å². The Morgan fingerprint density at radius 2 is 0.933 bits per heavy atom. The lowest BCUT2D eigenvalue weighted by atomic mass is 9.96. The second kappa shape index (κ2) is 14.5. The Bertz CT molecular complexity index is 1780. The molecular formula is C40H35NO2P2. The molecule has 0 aliphatic rings. The largest absolute Gasteiger partial charge is 0.445 e. The molecule has 6 rings (SSSR count). The van der Waals surface area contributed by atoms with Crippen LogP contribution >= 0.6 is 15.8 Å². The summed E-state index contributed by atoms with van der Waals surface area (Å²) in [6.07, 6.45) is -0.444. The number of ether oxygens (including phenoxy) is 1. The van der Waals surface area contributed by atoms with Gasteiger partial charge in [0.2, 0.25) is 0 Å². The van der Waals surface area contributed by atoms with Crippen molar-refractivity contribution in [2.24, 2.45) is 0 Å². The molecule has 0 saturated heterocycles. The van der Waals surface area contributed by atoms with Gasteiger partial charge in [0.05, 0.1) is 0 Å². The highest BCUT2D eigenvalue weighted by molar-refractivity contribution is 7.80. The number of amides is 1. The van der Waals surface area contributed by atoms with Crippen molar-refractivity contribution in [1.29, 1.82) is 0 Å². The lowest BCUT2D eigenvalue weighted by Gasteiger charge is -2.29. The van der Waals surface area contributed by atoms with Gasteiger partial charge in [-0.25, -0.2) is 4.79 Å². The number of carbonyl (C=O) groups is 1. The number of alkyl carbamates (subject to hydrolysis) is 1. The topological polar surface area (TPSA) is 38.3 Å². The quantitative estimate of drug-likeness (QED) is 0.176. The first-order chi connectivity index (χ1) is 22.2. The molecule has 0 fully saturated rings. The van der Waals surface area contributed by atoms with E-state index in [0.717, 1.165) is 11.1 Å². The Morgan fingerprint density at radius 3 is 1.36 bits per heavy atom. The van der Waals surface area contributed by atoms with Gasteiger partial charge in [-0.15, -0.1) is 0 Å². The third-order valence-corrected chi connectivity index (χ3v) is 12.7. The summed E-state index contributed by atoms with van der Waals surface area (Å²) in [6.45, 7) is 2.37. The Hall–Kier alpha value is -4.55. The molecule has 0 unspecified atom stereocenters. The maximum atomic E-state index is 12.4. The monoisotopic (exact) mass is 623 g/mol. The average Bonchev–Trinajstić information content (AvgIpc) is 3.10. The number of hydrogen-bond donors (Lipinski definition) is 1. The van der Waals surface area contributed by atoms with Crippen LogP contribution in [-0.2, 0) is 11.3 Å². The first kappa shape index (κ1) is 30.5. The average molecular weight is 624 g/mol. The zero-order valence-electron chi connectivity index (χ0n) is 25.4. The van der Waals surface area contributed by atoms with Crippen molar-refractivity contribution in [3.8, 4) is 11.1 Å². The van der Waals surface area contributed by atoms with Crippen LogP contribution in [0.4, 0.5) is 4.79 Å². The number of aryl methyl sites for hydroxylation is 1. The van der Waals surface area contributed by atoms with Gasteiger partial charge < -0.3 is 10.1 Å². The molecule has 0 heterocycles. The second-order valence-electron chi connectivity index (χ2n) is 10.6. The van der Waals surface area contributed by atoms with Crippen molar-refractivity contribution in [1.82, 2.24) is 5.32 Å². The normalized spacial score (nSPS) is 11.0. The van der Waals surface area contributed by atoms with Gasteiger partial charge in [-0.2, -0.15) is 0 Å². The molecule has 0 aliphatic carbocycles. The van der Waals surface area contributed by atoms with Gasteiger partial charge in [-0.05, 0) is 76.8 Å². The van der Waals surface area contributed by atoms with Crippen molar-refractivity contribution in [3.63, 3.8) is 0 Å². The van der Waals surface area contributed by atoms with E-state index < -0.39 is 21.9 Å². The first-order valence-electron chi connectivity index (χ1n) is 15.0. The van der Waals surface area contributed by atoms with Crippen LogP contribution in [0.25, 0.3) is 11.1 Å². The van der Waals surface area contributed by atoms with Crippen LogP contribution in [0, 0.1) is 6.92 Å². The van der Waals surface area contributed by atoms with Crippen molar-refractivity contribution in [2.45, 2.75) is 13.5 Å². The van der Waals surface area contributed by atoms with E-state index in [9.17, 15) is 4.79 Å². The summed E-state index contributed by atoms with van der Waals surface area (Å²) in [5, 5.41) is 10.3. The van der Waals surface area contributed by atoms with Gasteiger partial charge in [0.25, 0.3) is 0 Å². The molecule has 6 aromatic carbocycles. The molecule has 222 valence electrons. The van der Waals surface area contributed by atoms with Crippen LogP contribution < -0.4 is 37.1 Å². The lowest BCUT2D eigenvalue weighted by Crippen LogP contribution is -2.27. The zero-order valence-corrected chi connectivity index (χ0v) is 27.2. The number of rotatable bonds is 9. The maximum Gasteiger partial charge on any atom is 0.407 e. The highest BCUT2D eigenvalue weighted by Crippen LogP contribution is 2.43. The Morgan fingerprint density at radius 1 is 0.533 bits per heavy atom. The summed E-state index contributed by atoms with van der Waals surface area (Å²) >= 11 is 0. The van der Waals surface area contributed by atoms with E-state index >= 15 is 0 Å². The minimum Gasteiger partial charge on any atom is -0.445 e. The van der Waals surface area contributed by atoms with Gasteiger partial charge >= 0.3 is 6.09 Å². The van der Waals surface area contributed by atoms with Gasteiger partial charge in [-0.3, -0.25) is 0 Å². The molecule has 0 spiro atoms. The number of benzene rings is 6. The molecule has 6 aromatic rings. The lowest BCUT2D eigenvalue weighted by molar-refractivity contribution is 0.142. The molecule has 3 nitrogen and oxygen atoms in total. The highest BCUT2D eigenvalue weighted by atomic mass is 31.1. The molecule has 5 heteroatoms.